The fraction of sp³-hybridized carbons (Fsp3) is 0.923. The summed E-state index contributed by atoms with van der Waals surface area (Å²) in [5, 5.41) is 0. The maximum Gasteiger partial charge on any atom is 0.306 e. The summed E-state index contributed by atoms with van der Waals surface area (Å²) in [6.45, 7) is 6.56. The van der Waals surface area contributed by atoms with Gasteiger partial charge in [-0.1, -0.05) is 175 Å². The van der Waals surface area contributed by atoms with Crippen molar-refractivity contribution >= 4 is 17.9 Å². The molecule has 0 spiro atoms. The maximum atomic E-state index is 12.6. The molecule has 0 aliphatic heterocycles. The molecule has 0 saturated heterocycles. The second-order valence-electron chi connectivity index (χ2n) is 13.2. The minimum atomic E-state index is -0.754. The van der Waals surface area contributed by atoms with Crippen molar-refractivity contribution in [3.05, 3.63) is 0 Å². The molecule has 0 aromatic rings. The van der Waals surface area contributed by atoms with E-state index in [1.165, 1.54) is 116 Å². The number of esters is 3. The number of carbonyl (C=O) groups is 3. The van der Waals surface area contributed by atoms with Crippen LogP contribution in [0.5, 0.6) is 0 Å². The molecule has 0 aliphatic rings. The minimum Gasteiger partial charge on any atom is -0.462 e. The van der Waals surface area contributed by atoms with Crippen LogP contribution in [0.3, 0.4) is 0 Å². The van der Waals surface area contributed by atoms with E-state index in [9.17, 15) is 14.4 Å². The quantitative estimate of drug-likeness (QED) is 0.0390. The van der Waals surface area contributed by atoms with E-state index < -0.39 is 6.10 Å². The third-order valence-corrected chi connectivity index (χ3v) is 8.61. The van der Waals surface area contributed by atoms with Gasteiger partial charge in [-0.05, 0) is 19.3 Å². The zero-order chi connectivity index (χ0) is 33.1. The lowest BCUT2D eigenvalue weighted by molar-refractivity contribution is -0.167. The van der Waals surface area contributed by atoms with E-state index in [1.54, 1.807) is 0 Å². The van der Waals surface area contributed by atoms with E-state index in [-0.39, 0.29) is 31.1 Å². The van der Waals surface area contributed by atoms with E-state index in [1.807, 2.05) is 0 Å². The van der Waals surface area contributed by atoms with Gasteiger partial charge in [-0.15, -0.1) is 0 Å². The summed E-state index contributed by atoms with van der Waals surface area (Å²) in [6, 6.07) is 0. The standard InChI is InChI=1S/C39H74O6/c1-4-7-10-13-16-18-19-21-24-27-30-33-39(42)45-36(34-43-37(40)31-28-25-22-15-12-9-6-3)35-44-38(41)32-29-26-23-20-17-14-11-8-5-2/h36H,4-35H2,1-3H3/t36-/m1/s1. The summed E-state index contributed by atoms with van der Waals surface area (Å²) in [7, 11) is 0. The van der Waals surface area contributed by atoms with Gasteiger partial charge in [0, 0.05) is 19.3 Å². The highest BCUT2D eigenvalue weighted by molar-refractivity contribution is 5.71. The van der Waals surface area contributed by atoms with E-state index in [0.717, 1.165) is 57.8 Å². The Bertz CT molecular complexity index is 664. The molecule has 6 nitrogen and oxygen atoms in total. The van der Waals surface area contributed by atoms with Crippen molar-refractivity contribution in [2.24, 2.45) is 0 Å². The average Bonchev–Trinajstić information content (AvgIpc) is 3.03. The van der Waals surface area contributed by atoms with E-state index in [0.29, 0.717) is 19.3 Å². The van der Waals surface area contributed by atoms with E-state index in [2.05, 4.69) is 20.8 Å². The molecule has 6 heteroatoms. The smallest absolute Gasteiger partial charge is 0.306 e. The number of ether oxygens (including phenoxy) is 3. The summed E-state index contributed by atoms with van der Waals surface area (Å²) in [5.41, 5.74) is 0. The van der Waals surface area contributed by atoms with Crippen LogP contribution in [0.4, 0.5) is 0 Å². The van der Waals surface area contributed by atoms with Crippen molar-refractivity contribution in [3.63, 3.8) is 0 Å². The van der Waals surface area contributed by atoms with Crippen LogP contribution in [-0.2, 0) is 28.6 Å². The van der Waals surface area contributed by atoms with Crippen molar-refractivity contribution in [2.75, 3.05) is 13.2 Å². The van der Waals surface area contributed by atoms with Crippen LogP contribution in [-0.4, -0.2) is 37.2 Å². The van der Waals surface area contributed by atoms with Crippen LogP contribution in [0.1, 0.15) is 213 Å². The molecular weight excluding hydrogens is 564 g/mol. The second-order valence-corrected chi connectivity index (χ2v) is 13.2. The molecule has 45 heavy (non-hydrogen) atoms. The van der Waals surface area contributed by atoms with Gasteiger partial charge in [0.1, 0.15) is 13.2 Å². The van der Waals surface area contributed by atoms with Crippen molar-refractivity contribution in [1.29, 1.82) is 0 Å². The molecule has 0 fully saturated rings. The third kappa shape index (κ3) is 33.6. The van der Waals surface area contributed by atoms with Crippen LogP contribution in [0.2, 0.25) is 0 Å². The Morgan fingerprint density at radius 3 is 0.889 bits per heavy atom. The summed E-state index contributed by atoms with van der Waals surface area (Å²) in [6.07, 6.45) is 32.4. The normalized spacial score (nSPS) is 11.8. The molecule has 0 bridgehead atoms. The third-order valence-electron chi connectivity index (χ3n) is 8.61. The topological polar surface area (TPSA) is 78.9 Å². The highest BCUT2D eigenvalue weighted by Crippen LogP contribution is 2.14. The zero-order valence-corrected chi connectivity index (χ0v) is 30.2. The number of hydrogen-bond acceptors (Lipinski definition) is 6. The molecule has 0 aromatic heterocycles. The van der Waals surface area contributed by atoms with Gasteiger partial charge in [0.05, 0.1) is 0 Å². The fourth-order valence-electron chi connectivity index (χ4n) is 5.62. The van der Waals surface area contributed by atoms with Crippen molar-refractivity contribution < 1.29 is 28.6 Å². The Labute approximate surface area is 278 Å². The fourth-order valence-corrected chi connectivity index (χ4v) is 5.62. The largest absolute Gasteiger partial charge is 0.462 e. The number of unbranched alkanes of at least 4 members (excludes halogenated alkanes) is 24. The van der Waals surface area contributed by atoms with Gasteiger partial charge >= 0.3 is 17.9 Å². The SMILES string of the molecule is CCCCCCCCCCCCCC(=O)O[C@H](COC(=O)CCCCCCCCC)COC(=O)CCCCCCCCCCC. The maximum absolute atomic E-state index is 12.6. The monoisotopic (exact) mass is 639 g/mol. The summed E-state index contributed by atoms with van der Waals surface area (Å²) < 4.78 is 16.5. The summed E-state index contributed by atoms with van der Waals surface area (Å²) in [4.78, 5) is 37.3. The first-order valence-electron chi connectivity index (χ1n) is 19.5. The molecule has 1 atom stereocenters. The first-order chi connectivity index (χ1) is 22.0. The number of hydrogen-bond donors (Lipinski definition) is 0. The predicted octanol–water partition coefficient (Wildman–Crippen LogP) is 11.7. The van der Waals surface area contributed by atoms with E-state index >= 15 is 0 Å². The van der Waals surface area contributed by atoms with Crippen molar-refractivity contribution in [1.82, 2.24) is 0 Å². The molecule has 0 radical (unpaired) electrons. The van der Waals surface area contributed by atoms with Crippen molar-refractivity contribution in [2.45, 2.75) is 219 Å². The van der Waals surface area contributed by atoms with Crippen LogP contribution in [0.15, 0.2) is 0 Å². The molecule has 0 saturated carbocycles. The Balaban J connectivity index is 4.32. The lowest BCUT2D eigenvalue weighted by Crippen LogP contribution is -2.30. The molecule has 0 unspecified atom stereocenters. The van der Waals surface area contributed by atoms with Gasteiger partial charge in [-0.25, -0.2) is 0 Å². The molecular formula is C39H74O6. The molecule has 0 aromatic carbocycles. The van der Waals surface area contributed by atoms with Gasteiger partial charge in [-0.3, -0.25) is 14.4 Å². The van der Waals surface area contributed by atoms with Gasteiger partial charge < -0.3 is 14.2 Å². The van der Waals surface area contributed by atoms with E-state index in [4.69, 9.17) is 14.2 Å². The Kier molecular flexibility index (Phi) is 34.0. The zero-order valence-electron chi connectivity index (χ0n) is 30.2. The Morgan fingerprint density at radius 1 is 0.356 bits per heavy atom. The van der Waals surface area contributed by atoms with Gasteiger partial charge in [0.2, 0.25) is 0 Å². The van der Waals surface area contributed by atoms with Gasteiger partial charge in [0.25, 0.3) is 0 Å². The minimum absolute atomic E-state index is 0.0645. The molecule has 0 aliphatic carbocycles. The Hall–Kier alpha value is -1.59. The van der Waals surface area contributed by atoms with Crippen LogP contribution < -0.4 is 0 Å². The molecule has 0 rings (SSSR count). The Morgan fingerprint density at radius 2 is 0.600 bits per heavy atom. The number of carbonyl (C=O) groups excluding carboxylic acids is 3. The predicted molar refractivity (Wildman–Crippen MR) is 187 cm³/mol. The van der Waals surface area contributed by atoms with Crippen LogP contribution >= 0.6 is 0 Å². The van der Waals surface area contributed by atoms with Gasteiger partial charge in [0.15, 0.2) is 6.10 Å². The lowest BCUT2D eigenvalue weighted by atomic mass is 10.1. The number of rotatable bonds is 35. The summed E-state index contributed by atoms with van der Waals surface area (Å²) >= 11 is 0. The molecule has 266 valence electrons. The van der Waals surface area contributed by atoms with Crippen LogP contribution in [0, 0.1) is 0 Å². The molecule has 0 heterocycles. The first kappa shape index (κ1) is 43.4. The molecule has 0 N–H and O–H groups in total. The van der Waals surface area contributed by atoms with Crippen LogP contribution in [0.25, 0.3) is 0 Å². The molecule has 0 amide bonds. The highest BCUT2D eigenvalue weighted by atomic mass is 16.6. The lowest BCUT2D eigenvalue weighted by Gasteiger charge is -2.18. The highest BCUT2D eigenvalue weighted by Gasteiger charge is 2.19. The summed E-state index contributed by atoms with van der Waals surface area (Å²) in [5.74, 6) is -0.871. The second kappa shape index (κ2) is 35.3. The van der Waals surface area contributed by atoms with Gasteiger partial charge in [-0.2, -0.15) is 0 Å². The first-order valence-corrected chi connectivity index (χ1v) is 19.5. The van der Waals surface area contributed by atoms with Crippen molar-refractivity contribution in [3.8, 4) is 0 Å². The average molecular weight is 639 g/mol.